The zero-order chi connectivity index (χ0) is 13.6. The van der Waals surface area contributed by atoms with Gasteiger partial charge in [-0.05, 0) is 0 Å². The number of rotatable bonds is 1. The highest BCUT2D eigenvalue weighted by Crippen LogP contribution is 2.19. The largest absolute Gasteiger partial charge is 0.376 e. The molecule has 1 fully saturated rings. The number of H-pyrrole nitrogens is 1. The summed E-state index contributed by atoms with van der Waals surface area (Å²) in [6.07, 6.45) is -0.332. The average molecular weight is 266 g/mol. The van der Waals surface area contributed by atoms with Crippen LogP contribution < -0.4 is 11.2 Å². The van der Waals surface area contributed by atoms with Gasteiger partial charge in [-0.1, -0.05) is 0 Å². The molecule has 0 spiro atoms. The third kappa shape index (κ3) is 1.80. The molecule has 1 aliphatic heterocycles. The fourth-order valence-corrected chi connectivity index (χ4v) is 2.14. The minimum absolute atomic E-state index is 0.300. The predicted octanol–water partition coefficient (Wildman–Crippen LogP) is -0.952. The second-order valence-corrected chi connectivity index (χ2v) is 4.46. The summed E-state index contributed by atoms with van der Waals surface area (Å²) in [5.74, 6) is 0.507. The lowest BCUT2D eigenvalue weighted by Crippen LogP contribution is -2.36. The Morgan fingerprint density at radius 2 is 2.05 bits per heavy atom. The predicted molar refractivity (Wildman–Crippen MR) is 66.1 cm³/mol. The average Bonchev–Trinajstić information content (AvgIpc) is 2.89. The van der Waals surface area contributed by atoms with Crippen molar-refractivity contribution >= 4 is 11.2 Å². The van der Waals surface area contributed by atoms with Gasteiger partial charge in [0.05, 0.1) is 19.8 Å². The van der Waals surface area contributed by atoms with E-state index in [1.54, 1.807) is 7.05 Å². The third-order valence-corrected chi connectivity index (χ3v) is 3.23. The second kappa shape index (κ2) is 4.32. The van der Waals surface area contributed by atoms with Crippen molar-refractivity contribution < 1.29 is 9.47 Å². The molecular formula is C11H14N4O4. The van der Waals surface area contributed by atoms with Crippen LogP contribution in [0.15, 0.2) is 9.59 Å². The zero-order valence-corrected chi connectivity index (χ0v) is 10.7. The molecule has 0 saturated carbocycles. The van der Waals surface area contributed by atoms with Crippen molar-refractivity contribution in [2.75, 3.05) is 19.8 Å². The Hall–Kier alpha value is -1.93. The SMILES string of the molecule is Cn1c(=O)c2[nH]c([C@@H]3COCCO3)nc2n(C)c1=O. The molecule has 102 valence electrons. The molecule has 0 radical (unpaired) electrons. The molecule has 8 nitrogen and oxygen atoms in total. The molecule has 3 heterocycles. The molecule has 2 aromatic heterocycles. The normalized spacial score (nSPS) is 20.0. The maximum atomic E-state index is 12.0. The molecule has 8 heteroatoms. The van der Waals surface area contributed by atoms with Crippen LogP contribution in [0.25, 0.3) is 11.2 Å². The Labute approximate surface area is 107 Å². The molecule has 1 atom stereocenters. The molecule has 19 heavy (non-hydrogen) atoms. The number of fused-ring (bicyclic) bond motifs is 1. The van der Waals surface area contributed by atoms with Crippen LogP contribution in [0.2, 0.25) is 0 Å². The van der Waals surface area contributed by atoms with Crippen LogP contribution in [-0.4, -0.2) is 38.9 Å². The van der Waals surface area contributed by atoms with Crippen molar-refractivity contribution in [2.45, 2.75) is 6.10 Å². The van der Waals surface area contributed by atoms with Crippen molar-refractivity contribution in [3.63, 3.8) is 0 Å². The highest BCUT2D eigenvalue weighted by Gasteiger charge is 2.22. The van der Waals surface area contributed by atoms with Gasteiger partial charge in [0.1, 0.15) is 17.4 Å². The Morgan fingerprint density at radius 3 is 2.74 bits per heavy atom. The molecule has 3 rings (SSSR count). The molecule has 1 N–H and O–H groups in total. The number of nitrogens with one attached hydrogen (secondary N) is 1. The van der Waals surface area contributed by atoms with Crippen LogP contribution in [0.3, 0.4) is 0 Å². The fourth-order valence-electron chi connectivity index (χ4n) is 2.14. The molecule has 2 aromatic rings. The van der Waals surface area contributed by atoms with Crippen LogP contribution in [0.5, 0.6) is 0 Å². The van der Waals surface area contributed by atoms with Crippen molar-refractivity contribution in [1.29, 1.82) is 0 Å². The van der Waals surface area contributed by atoms with Crippen LogP contribution >= 0.6 is 0 Å². The van der Waals surface area contributed by atoms with Crippen LogP contribution in [0, 0.1) is 0 Å². The highest BCUT2D eigenvalue weighted by atomic mass is 16.6. The summed E-state index contributed by atoms with van der Waals surface area (Å²) in [5.41, 5.74) is -0.170. The van der Waals surface area contributed by atoms with E-state index in [2.05, 4.69) is 9.97 Å². The maximum absolute atomic E-state index is 12.0. The number of aromatic nitrogens is 4. The van der Waals surface area contributed by atoms with E-state index in [4.69, 9.17) is 9.47 Å². The minimum Gasteiger partial charge on any atom is -0.376 e. The summed E-state index contributed by atoms with van der Waals surface area (Å²) in [6.45, 7) is 1.42. The van der Waals surface area contributed by atoms with Gasteiger partial charge < -0.3 is 14.5 Å². The fraction of sp³-hybridized carbons (Fsp3) is 0.545. The minimum atomic E-state index is -0.406. The highest BCUT2D eigenvalue weighted by molar-refractivity contribution is 5.69. The van der Waals surface area contributed by atoms with E-state index in [0.717, 1.165) is 4.57 Å². The van der Waals surface area contributed by atoms with Crippen LogP contribution in [0.4, 0.5) is 0 Å². The molecule has 0 unspecified atom stereocenters. The quantitative estimate of drug-likeness (QED) is 0.718. The van der Waals surface area contributed by atoms with E-state index in [0.29, 0.717) is 36.8 Å². The van der Waals surface area contributed by atoms with E-state index in [1.807, 2.05) is 0 Å². The number of hydrogen-bond acceptors (Lipinski definition) is 5. The van der Waals surface area contributed by atoms with Gasteiger partial charge in [-0.2, -0.15) is 0 Å². The lowest BCUT2D eigenvalue weighted by atomic mass is 10.3. The van der Waals surface area contributed by atoms with Crippen molar-refractivity contribution in [3.05, 3.63) is 26.7 Å². The Balaban J connectivity index is 2.20. The Bertz CT molecular complexity index is 735. The summed E-state index contributed by atoms with van der Waals surface area (Å²) in [6, 6.07) is 0. The first kappa shape index (κ1) is 12.1. The van der Waals surface area contributed by atoms with E-state index < -0.39 is 11.2 Å². The van der Waals surface area contributed by atoms with Crippen molar-refractivity contribution in [3.8, 4) is 0 Å². The molecule has 1 saturated heterocycles. The van der Waals surface area contributed by atoms with Gasteiger partial charge in [0, 0.05) is 14.1 Å². The van der Waals surface area contributed by atoms with E-state index in [-0.39, 0.29) is 6.10 Å². The number of nitrogens with zero attached hydrogens (tertiary/aromatic N) is 3. The summed E-state index contributed by atoms with van der Waals surface area (Å²) in [7, 11) is 3.01. The summed E-state index contributed by atoms with van der Waals surface area (Å²) in [5, 5.41) is 0. The Morgan fingerprint density at radius 1 is 1.26 bits per heavy atom. The van der Waals surface area contributed by atoms with Gasteiger partial charge in [0.2, 0.25) is 0 Å². The van der Waals surface area contributed by atoms with Crippen molar-refractivity contribution in [2.24, 2.45) is 14.1 Å². The van der Waals surface area contributed by atoms with Crippen molar-refractivity contribution in [1.82, 2.24) is 19.1 Å². The zero-order valence-electron chi connectivity index (χ0n) is 10.7. The number of aromatic amines is 1. The molecule has 0 aromatic carbocycles. The van der Waals surface area contributed by atoms with E-state index in [9.17, 15) is 9.59 Å². The van der Waals surface area contributed by atoms with Gasteiger partial charge in [-0.25, -0.2) is 9.78 Å². The smallest absolute Gasteiger partial charge is 0.332 e. The van der Waals surface area contributed by atoms with Gasteiger partial charge in [0.15, 0.2) is 5.65 Å². The Kier molecular flexibility index (Phi) is 2.76. The van der Waals surface area contributed by atoms with Gasteiger partial charge in [0.25, 0.3) is 5.56 Å². The molecular weight excluding hydrogens is 252 g/mol. The monoisotopic (exact) mass is 266 g/mol. The lowest BCUT2D eigenvalue weighted by Gasteiger charge is -2.20. The topological polar surface area (TPSA) is 91.1 Å². The van der Waals surface area contributed by atoms with Crippen LogP contribution in [-0.2, 0) is 23.6 Å². The first-order chi connectivity index (χ1) is 9.09. The first-order valence-electron chi connectivity index (χ1n) is 5.94. The maximum Gasteiger partial charge on any atom is 0.332 e. The van der Waals surface area contributed by atoms with Gasteiger partial charge >= 0.3 is 5.69 Å². The standard InChI is InChI=1S/C11H14N4O4/c1-14-9-7(10(16)15(2)11(14)17)12-8(13-9)6-5-18-3-4-19-6/h6H,3-5H2,1-2H3,(H,12,13)/t6-/m0/s1. The number of hydrogen-bond donors (Lipinski definition) is 1. The lowest BCUT2D eigenvalue weighted by molar-refractivity contribution is -0.0931. The molecule has 0 amide bonds. The van der Waals surface area contributed by atoms with E-state index >= 15 is 0 Å². The number of ether oxygens (including phenoxy) is 2. The number of aryl methyl sites for hydroxylation is 1. The molecule has 1 aliphatic rings. The van der Waals surface area contributed by atoms with Gasteiger partial charge in [-0.15, -0.1) is 0 Å². The first-order valence-corrected chi connectivity index (χ1v) is 5.94. The van der Waals surface area contributed by atoms with E-state index in [1.165, 1.54) is 11.6 Å². The molecule has 0 aliphatic carbocycles. The molecule has 0 bridgehead atoms. The van der Waals surface area contributed by atoms with Crippen LogP contribution in [0.1, 0.15) is 11.9 Å². The summed E-state index contributed by atoms with van der Waals surface area (Å²) in [4.78, 5) is 31.0. The number of imidazole rings is 1. The summed E-state index contributed by atoms with van der Waals surface area (Å²) >= 11 is 0. The van der Waals surface area contributed by atoms with Gasteiger partial charge in [-0.3, -0.25) is 13.9 Å². The third-order valence-electron chi connectivity index (χ3n) is 3.23. The second-order valence-electron chi connectivity index (χ2n) is 4.46. The summed E-state index contributed by atoms with van der Waals surface area (Å²) < 4.78 is 13.2.